The van der Waals surface area contributed by atoms with E-state index in [1.807, 2.05) is 0 Å². The van der Waals surface area contributed by atoms with Crippen molar-refractivity contribution in [3.63, 3.8) is 0 Å². The standard InChI is InChI=1S/C7H7NO3.C4H7FN2/c8-5-1-4(7(10)11)2-6(9)3-5;5-4-1-6-3-7-2-4/h1-3,9H,8H2,(H,10,11);1,6-7H,2-3H2. The lowest BCUT2D eigenvalue weighted by atomic mass is 10.2. The van der Waals surface area contributed by atoms with Crippen molar-refractivity contribution in [2.45, 2.75) is 0 Å². The Morgan fingerprint density at radius 2 is 2.11 bits per heavy atom. The normalized spacial score (nSPS) is 13.7. The SMILES string of the molecule is FC1=CNCNC1.Nc1cc(O)cc(C(=O)O)c1. The van der Waals surface area contributed by atoms with Crippen LogP contribution in [0.3, 0.4) is 0 Å². The number of aromatic hydroxyl groups is 1. The number of halogens is 1. The number of aromatic carboxylic acids is 1. The summed E-state index contributed by atoms with van der Waals surface area (Å²) in [5, 5.41) is 22.8. The summed E-state index contributed by atoms with van der Waals surface area (Å²) in [6, 6.07) is 3.70. The molecule has 0 amide bonds. The second kappa shape index (κ2) is 6.45. The van der Waals surface area contributed by atoms with Crippen molar-refractivity contribution >= 4 is 11.7 Å². The van der Waals surface area contributed by atoms with Gasteiger partial charge in [-0.3, -0.25) is 5.32 Å². The summed E-state index contributed by atoms with van der Waals surface area (Å²) < 4.78 is 11.9. The molecule has 0 aliphatic carbocycles. The van der Waals surface area contributed by atoms with Gasteiger partial charge in [0.15, 0.2) is 0 Å². The molecule has 1 heterocycles. The van der Waals surface area contributed by atoms with E-state index in [0.717, 1.165) is 6.07 Å². The highest BCUT2D eigenvalue weighted by Gasteiger charge is 2.03. The average Bonchev–Trinajstić information content (AvgIpc) is 2.29. The molecule has 0 saturated heterocycles. The van der Waals surface area contributed by atoms with E-state index in [2.05, 4.69) is 10.6 Å². The zero-order valence-corrected chi connectivity index (χ0v) is 9.48. The van der Waals surface area contributed by atoms with Gasteiger partial charge in [0.1, 0.15) is 11.6 Å². The number of carboxylic acid groups (broad SMARTS) is 1. The second-order valence-corrected chi connectivity index (χ2v) is 3.52. The van der Waals surface area contributed by atoms with Gasteiger partial charge in [0.05, 0.1) is 18.8 Å². The Kier molecular flexibility index (Phi) is 4.94. The summed E-state index contributed by atoms with van der Waals surface area (Å²) >= 11 is 0. The Morgan fingerprint density at radius 3 is 2.50 bits per heavy atom. The smallest absolute Gasteiger partial charge is 0.335 e. The van der Waals surface area contributed by atoms with Gasteiger partial charge in [0.25, 0.3) is 0 Å². The molecule has 0 spiro atoms. The summed E-state index contributed by atoms with van der Waals surface area (Å²) in [5.74, 6) is -1.37. The first-order valence-corrected chi connectivity index (χ1v) is 5.10. The quantitative estimate of drug-likeness (QED) is 0.471. The maximum atomic E-state index is 11.9. The van der Waals surface area contributed by atoms with E-state index < -0.39 is 5.97 Å². The van der Waals surface area contributed by atoms with Crippen molar-refractivity contribution in [2.75, 3.05) is 18.9 Å². The molecule has 0 radical (unpaired) electrons. The van der Waals surface area contributed by atoms with Gasteiger partial charge in [0, 0.05) is 18.0 Å². The molecule has 7 heteroatoms. The van der Waals surface area contributed by atoms with Crippen molar-refractivity contribution in [3.8, 4) is 5.75 Å². The van der Waals surface area contributed by atoms with Gasteiger partial charge in [-0.15, -0.1) is 0 Å². The molecule has 0 atom stereocenters. The van der Waals surface area contributed by atoms with Crippen LogP contribution in [0.2, 0.25) is 0 Å². The van der Waals surface area contributed by atoms with Gasteiger partial charge >= 0.3 is 5.97 Å². The van der Waals surface area contributed by atoms with Crippen LogP contribution in [0.1, 0.15) is 10.4 Å². The summed E-state index contributed by atoms with van der Waals surface area (Å²) in [6.45, 7) is 1.04. The van der Waals surface area contributed by atoms with Crippen LogP contribution in [0, 0.1) is 0 Å². The van der Waals surface area contributed by atoms with E-state index in [1.165, 1.54) is 18.3 Å². The van der Waals surface area contributed by atoms with Crippen molar-refractivity contribution in [3.05, 3.63) is 35.8 Å². The molecule has 0 unspecified atom stereocenters. The van der Waals surface area contributed by atoms with Crippen molar-refractivity contribution in [1.29, 1.82) is 0 Å². The van der Waals surface area contributed by atoms with Gasteiger partial charge in [-0.1, -0.05) is 0 Å². The van der Waals surface area contributed by atoms with Crippen molar-refractivity contribution in [1.82, 2.24) is 10.6 Å². The first-order valence-electron chi connectivity index (χ1n) is 5.10. The molecule has 0 aromatic heterocycles. The number of rotatable bonds is 1. The van der Waals surface area contributed by atoms with Crippen LogP contribution in [0.15, 0.2) is 30.2 Å². The highest BCUT2D eigenvalue weighted by molar-refractivity contribution is 5.89. The molecule has 0 fully saturated rings. The zero-order chi connectivity index (χ0) is 13.5. The Labute approximate surface area is 103 Å². The van der Waals surface area contributed by atoms with E-state index in [0.29, 0.717) is 13.2 Å². The Balaban J connectivity index is 0.000000199. The average molecular weight is 255 g/mol. The molecular weight excluding hydrogens is 241 g/mol. The number of anilines is 1. The fourth-order valence-electron chi connectivity index (χ4n) is 1.23. The van der Waals surface area contributed by atoms with E-state index in [1.54, 1.807) is 0 Å². The molecule has 6 nitrogen and oxygen atoms in total. The third-order valence-electron chi connectivity index (χ3n) is 1.97. The number of hydrogen-bond acceptors (Lipinski definition) is 5. The maximum absolute atomic E-state index is 11.9. The van der Waals surface area contributed by atoms with Gasteiger partial charge < -0.3 is 21.3 Å². The summed E-state index contributed by atoms with van der Waals surface area (Å²) in [6.07, 6.45) is 1.37. The number of carbonyl (C=O) groups is 1. The predicted octanol–water partition coefficient (Wildman–Crippen LogP) is 0.620. The fraction of sp³-hybridized carbons (Fsp3) is 0.182. The number of nitrogens with two attached hydrogens (primary N) is 1. The van der Waals surface area contributed by atoms with E-state index in [9.17, 15) is 9.18 Å². The summed E-state index contributed by atoms with van der Waals surface area (Å²) in [4.78, 5) is 10.3. The van der Waals surface area contributed by atoms with E-state index in [-0.39, 0.29) is 22.8 Å². The highest BCUT2D eigenvalue weighted by Crippen LogP contribution is 2.16. The topological polar surface area (TPSA) is 108 Å². The monoisotopic (exact) mass is 255 g/mol. The molecule has 18 heavy (non-hydrogen) atoms. The lowest BCUT2D eigenvalue weighted by molar-refractivity contribution is 0.0696. The Bertz CT molecular complexity index is 443. The molecule has 2 rings (SSSR count). The van der Waals surface area contributed by atoms with Crippen molar-refractivity contribution in [2.24, 2.45) is 0 Å². The van der Waals surface area contributed by atoms with Gasteiger partial charge in [0.2, 0.25) is 0 Å². The molecule has 1 aliphatic rings. The van der Waals surface area contributed by atoms with E-state index in [4.69, 9.17) is 15.9 Å². The van der Waals surface area contributed by atoms with Crippen LogP contribution < -0.4 is 16.4 Å². The first kappa shape index (κ1) is 13.8. The van der Waals surface area contributed by atoms with Crippen LogP contribution in [-0.2, 0) is 0 Å². The molecule has 6 N–H and O–H groups in total. The van der Waals surface area contributed by atoms with Crippen LogP contribution in [0.5, 0.6) is 5.75 Å². The maximum Gasteiger partial charge on any atom is 0.335 e. The minimum absolute atomic E-state index is 0.0116. The van der Waals surface area contributed by atoms with Gasteiger partial charge in [-0.25, -0.2) is 9.18 Å². The predicted molar refractivity (Wildman–Crippen MR) is 64.7 cm³/mol. The molecule has 1 aromatic carbocycles. The van der Waals surface area contributed by atoms with Crippen LogP contribution in [-0.4, -0.2) is 29.4 Å². The molecule has 1 aromatic rings. The van der Waals surface area contributed by atoms with Crippen LogP contribution >= 0.6 is 0 Å². The highest BCUT2D eigenvalue weighted by atomic mass is 19.1. The molecule has 98 valence electrons. The van der Waals surface area contributed by atoms with Gasteiger partial charge in [-0.2, -0.15) is 0 Å². The Morgan fingerprint density at radius 1 is 1.39 bits per heavy atom. The fourth-order valence-corrected chi connectivity index (χ4v) is 1.23. The number of hydrogen-bond donors (Lipinski definition) is 5. The van der Waals surface area contributed by atoms with Crippen molar-refractivity contribution < 1.29 is 19.4 Å². The third-order valence-corrected chi connectivity index (χ3v) is 1.97. The first-order chi connectivity index (χ1) is 8.49. The minimum atomic E-state index is -1.10. The third kappa shape index (κ3) is 4.71. The summed E-state index contributed by atoms with van der Waals surface area (Å²) in [7, 11) is 0. The van der Waals surface area contributed by atoms with Gasteiger partial charge in [-0.05, 0) is 12.1 Å². The van der Waals surface area contributed by atoms with Crippen LogP contribution in [0.4, 0.5) is 10.1 Å². The number of phenols is 1. The van der Waals surface area contributed by atoms with Crippen LogP contribution in [0.25, 0.3) is 0 Å². The largest absolute Gasteiger partial charge is 0.508 e. The molecule has 0 saturated carbocycles. The molecule has 0 bridgehead atoms. The summed E-state index contributed by atoms with van der Waals surface area (Å²) in [5.41, 5.74) is 5.50. The number of benzene rings is 1. The van der Waals surface area contributed by atoms with E-state index >= 15 is 0 Å². The number of nitrogen functional groups attached to an aromatic ring is 1. The minimum Gasteiger partial charge on any atom is -0.508 e. The number of nitrogens with one attached hydrogen (secondary N) is 2. The second-order valence-electron chi connectivity index (χ2n) is 3.52. The Hall–Kier alpha value is -2.28. The number of phenolic OH excluding ortho intramolecular Hbond substituents is 1. The lowest BCUT2D eigenvalue weighted by Crippen LogP contribution is -2.31. The molecule has 1 aliphatic heterocycles. The number of carboxylic acids is 1. The molecular formula is C11H14FN3O3. The zero-order valence-electron chi connectivity index (χ0n) is 9.48. The lowest BCUT2D eigenvalue weighted by Gasteiger charge is -2.08.